The summed E-state index contributed by atoms with van der Waals surface area (Å²) in [4.78, 5) is 26.8. The normalized spacial score (nSPS) is 13.3. The number of benzene rings is 3. The van der Waals surface area contributed by atoms with Crippen LogP contribution < -0.4 is 35.6 Å². The van der Waals surface area contributed by atoms with E-state index < -0.39 is 0 Å². The van der Waals surface area contributed by atoms with Crippen LogP contribution in [0.15, 0.2) is 70.9 Å². The van der Waals surface area contributed by atoms with E-state index in [2.05, 4.69) is 36.4 Å². The highest BCUT2D eigenvalue weighted by Gasteiger charge is 2.27. The third-order valence-corrected chi connectivity index (χ3v) is 8.93. The molecule has 0 spiro atoms. The van der Waals surface area contributed by atoms with Gasteiger partial charge in [0.15, 0.2) is 0 Å². The summed E-state index contributed by atoms with van der Waals surface area (Å²) in [7, 11) is 3.36. The summed E-state index contributed by atoms with van der Waals surface area (Å²) in [6.45, 7) is 3.97. The van der Waals surface area contributed by atoms with Crippen molar-refractivity contribution in [2.24, 2.45) is 17.3 Å². The molecule has 3 amide bonds. The summed E-state index contributed by atoms with van der Waals surface area (Å²) >= 11 is 1.41. The van der Waals surface area contributed by atoms with Crippen molar-refractivity contribution >= 4 is 67.7 Å². The predicted molar refractivity (Wildman–Crippen MR) is 190 cm³/mol. The number of amides is 3. The average Bonchev–Trinajstić information content (AvgIpc) is 3.44. The minimum absolute atomic E-state index is 0.0453. The number of hydrogen-bond acceptors (Lipinski definition) is 10. The fourth-order valence-corrected chi connectivity index (χ4v) is 6.44. The summed E-state index contributed by atoms with van der Waals surface area (Å²) in [5, 5.41) is 36.6. The molecule has 1 aromatic heterocycles. The first-order chi connectivity index (χ1) is 23.2. The molecule has 0 aliphatic heterocycles. The average molecular weight is 673 g/mol. The molecule has 0 radical (unpaired) electrons. The maximum Gasteiger partial charge on any atom is 0.431 e. The Bertz CT molecular complexity index is 1740. The van der Waals surface area contributed by atoms with Crippen molar-refractivity contribution in [1.82, 2.24) is 5.10 Å². The number of aromatic nitrogens is 2. The van der Waals surface area contributed by atoms with Crippen LogP contribution in [0.2, 0.25) is 0 Å². The molecule has 3 aromatic carbocycles. The Hall–Kier alpha value is -5.08. The second-order valence-electron chi connectivity index (χ2n) is 11.6. The van der Waals surface area contributed by atoms with Crippen molar-refractivity contribution in [3.8, 4) is 5.75 Å². The van der Waals surface area contributed by atoms with Crippen LogP contribution in [-0.4, -0.2) is 48.4 Å². The first-order valence-electron chi connectivity index (χ1n) is 15.9. The third-order valence-electron chi connectivity index (χ3n) is 7.90. The van der Waals surface area contributed by atoms with Crippen molar-refractivity contribution in [2.45, 2.75) is 52.0 Å². The molecule has 0 bridgehead atoms. The maximum absolute atomic E-state index is 12.4. The standard InChI is InChI=1S/C34H41N9O4S/c1-22-10-12-25(13-11-22)37-32(46)38-26-16-14-24(15-17-26)36-30-20-28(35-23(2)45)29(21-31(30)47-4)39-40-33-42(3)41-34(48-33)43(18-19-44)27-8-6-5-7-9-27/h10-17,20-21,27,44H,5-9,18-19H2,1-4H3,(H3,35,36,37,38,39,45,46)/p+1. The van der Waals surface area contributed by atoms with Crippen LogP contribution in [0.1, 0.15) is 44.6 Å². The molecule has 4 aromatic rings. The fourth-order valence-electron chi connectivity index (χ4n) is 5.50. The van der Waals surface area contributed by atoms with Crippen LogP contribution >= 0.6 is 11.3 Å². The van der Waals surface area contributed by atoms with Gasteiger partial charge in [0.1, 0.15) is 18.5 Å². The summed E-state index contributed by atoms with van der Waals surface area (Å²) < 4.78 is 7.35. The van der Waals surface area contributed by atoms with Crippen molar-refractivity contribution in [2.75, 3.05) is 46.4 Å². The topological polar surface area (TPSA) is 156 Å². The molecule has 13 nitrogen and oxygen atoms in total. The van der Waals surface area contributed by atoms with Gasteiger partial charge in [-0.2, -0.15) is 0 Å². The number of nitrogens with one attached hydrogen (secondary N) is 4. The van der Waals surface area contributed by atoms with Gasteiger partial charge in [0.25, 0.3) is 0 Å². The number of aryl methyl sites for hydroxylation is 2. The smallest absolute Gasteiger partial charge is 0.431 e. The number of methoxy groups -OCH3 is 1. The number of rotatable bonds is 12. The molecule has 5 rings (SSSR count). The lowest BCUT2D eigenvalue weighted by Crippen LogP contribution is -2.40. The van der Waals surface area contributed by atoms with Crippen LogP contribution in [0.3, 0.4) is 0 Å². The summed E-state index contributed by atoms with van der Waals surface area (Å²) in [6.07, 6.45) is 5.74. The first kappa shape index (κ1) is 34.3. The third kappa shape index (κ3) is 9.04. The maximum atomic E-state index is 12.4. The molecule has 252 valence electrons. The minimum Gasteiger partial charge on any atom is -0.494 e. The van der Waals surface area contributed by atoms with E-state index in [9.17, 15) is 14.7 Å². The van der Waals surface area contributed by atoms with Crippen LogP contribution in [-0.2, 0) is 11.8 Å². The number of nitrogens with zero attached hydrogens (tertiary/aromatic N) is 5. The molecule has 5 N–H and O–H groups in total. The Morgan fingerprint density at radius 3 is 2.23 bits per heavy atom. The van der Waals surface area contributed by atoms with Gasteiger partial charge in [0.2, 0.25) is 11.0 Å². The number of aliphatic hydroxyl groups is 1. The number of carbonyl (C=O) groups excluding carboxylic acids is 2. The zero-order chi connectivity index (χ0) is 34.0. The highest BCUT2D eigenvalue weighted by atomic mass is 32.1. The molecule has 1 saturated carbocycles. The Balaban J connectivity index is 1.32. The molecule has 0 atom stereocenters. The zero-order valence-electron chi connectivity index (χ0n) is 27.6. The molecule has 48 heavy (non-hydrogen) atoms. The number of aliphatic hydroxyl groups excluding tert-OH is 1. The summed E-state index contributed by atoms with van der Waals surface area (Å²) in [5.74, 6) is 0.221. The molecule has 1 fully saturated rings. The molecular weight excluding hydrogens is 630 g/mol. The van der Waals surface area contributed by atoms with Gasteiger partial charge < -0.3 is 36.0 Å². The predicted octanol–water partition coefficient (Wildman–Crippen LogP) is 7.18. The number of urea groups is 1. The lowest BCUT2D eigenvalue weighted by Gasteiger charge is -2.32. The van der Waals surface area contributed by atoms with Gasteiger partial charge in [0.05, 0.1) is 30.2 Å². The van der Waals surface area contributed by atoms with Crippen LogP contribution in [0.4, 0.5) is 49.2 Å². The second-order valence-corrected chi connectivity index (χ2v) is 12.5. The van der Waals surface area contributed by atoms with Gasteiger partial charge in [-0.3, -0.25) is 4.79 Å². The summed E-state index contributed by atoms with van der Waals surface area (Å²) in [6, 6.07) is 18.2. The Labute approximate surface area is 284 Å². The SMILES string of the molecule is COc1cc(N=Nc2sc(N(CCO)C3CCCCC3)n[n+]2C)c(NC(C)=O)cc1Nc1ccc(NC(=O)Nc2ccc(C)cc2)cc1. The lowest BCUT2D eigenvalue weighted by molar-refractivity contribution is -0.712. The van der Waals surface area contributed by atoms with Gasteiger partial charge in [-0.1, -0.05) is 42.1 Å². The van der Waals surface area contributed by atoms with Gasteiger partial charge in [0, 0.05) is 42.6 Å². The number of azo groups is 1. The van der Waals surface area contributed by atoms with E-state index >= 15 is 0 Å². The zero-order valence-corrected chi connectivity index (χ0v) is 28.4. The van der Waals surface area contributed by atoms with E-state index in [1.54, 1.807) is 36.1 Å². The van der Waals surface area contributed by atoms with Gasteiger partial charge in [-0.15, -0.1) is 4.68 Å². The highest BCUT2D eigenvalue weighted by molar-refractivity contribution is 7.18. The minimum atomic E-state index is -0.346. The Kier molecular flexibility index (Phi) is 11.5. The first-order valence-corrected chi connectivity index (χ1v) is 16.7. The van der Waals surface area contributed by atoms with Crippen molar-refractivity contribution < 1.29 is 24.1 Å². The van der Waals surface area contributed by atoms with Crippen LogP contribution in [0.25, 0.3) is 0 Å². The molecule has 0 unspecified atom stereocenters. The summed E-state index contributed by atoms with van der Waals surface area (Å²) in [5.41, 5.74) is 4.60. The number of ether oxygens (including phenoxy) is 1. The fraction of sp³-hybridized carbons (Fsp3) is 0.353. The molecule has 1 heterocycles. The number of hydrogen-bond donors (Lipinski definition) is 5. The van der Waals surface area contributed by atoms with E-state index in [1.165, 1.54) is 37.5 Å². The number of carbonyl (C=O) groups is 2. The highest BCUT2D eigenvalue weighted by Crippen LogP contribution is 2.39. The largest absolute Gasteiger partial charge is 0.494 e. The molecule has 0 saturated heterocycles. The second kappa shape index (κ2) is 16.2. The van der Waals surface area contributed by atoms with Crippen LogP contribution in [0, 0.1) is 6.92 Å². The molecule has 14 heteroatoms. The quantitative estimate of drug-likeness (QED) is 0.0789. The Morgan fingerprint density at radius 2 is 1.60 bits per heavy atom. The van der Waals surface area contributed by atoms with E-state index in [0.29, 0.717) is 51.9 Å². The van der Waals surface area contributed by atoms with E-state index in [1.807, 2.05) is 50.4 Å². The Morgan fingerprint density at radius 1 is 0.958 bits per heavy atom. The van der Waals surface area contributed by atoms with Crippen molar-refractivity contribution in [1.29, 1.82) is 0 Å². The monoisotopic (exact) mass is 672 g/mol. The van der Waals surface area contributed by atoms with Gasteiger partial charge >= 0.3 is 11.2 Å². The van der Waals surface area contributed by atoms with Crippen molar-refractivity contribution in [3.05, 3.63) is 66.2 Å². The van der Waals surface area contributed by atoms with E-state index in [-0.39, 0.29) is 18.5 Å². The van der Waals surface area contributed by atoms with Gasteiger partial charge in [-0.25, -0.2) is 4.79 Å². The van der Waals surface area contributed by atoms with E-state index in [4.69, 9.17) is 9.84 Å². The number of anilines is 6. The lowest BCUT2D eigenvalue weighted by atomic mass is 9.94. The van der Waals surface area contributed by atoms with E-state index in [0.717, 1.165) is 29.2 Å². The molecule has 1 aliphatic rings. The molecular formula is C34H42N9O4S+. The molecule has 1 aliphatic carbocycles. The van der Waals surface area contributed by atoms with Gasteiger partial charge in [-0.05, 0) is 78.7 Å². The van der Waals surface area contributed by atoms with Crippen molar-refractivity contribution in [3.63, 3.8) is 0 Å². The van der Waals surface area contributed by atoms with Crippen LogP contribution in [0.5, 0.6) is 5.75 Å².